The molecule has 1 aromatic carbocycles. The minimum Gasteiger partial charge on any atom is -0.476 e. The molecule has 1 aliphatic heterocycles. The molecule has 9 nitrogen and oxygen atoms in total. The number of halogens is 5. The van der Waals surface area contributed by atoms with Crippen molar-refractivity contribution >= 4 is 17.6 Å². The summed E-state index contributed by atoms with van der Waals surface area (Å²) in [4.78, 5) is 22.0. The number of anilines is 1. The number of hydrogen-bond donors (Lipinski definition) is 3. The van der Waals surface area contributed by atoms with E-state index in [1.807, 2.05) is 17.0 Å². The van der Waals surface area contributed by atoms with E-state index in [2.05, 4.69) is 27.5 Å². The van der Waals surface area contributed by atoms with Crippen molar-refractivity contribution in [2.24, 2.45) is 0 Å². The highest BCUT2D eigenvalue weighted by Crippen LogP contribution is 2.36. The molecular formula is C22H25F5N4O5. The lowest BCUT2D eigenvalue weighted by Gasteiger charge is -2.34. The second-order valence-corrected chi connectivity index (χ2v) is 8.63. The first-order valence-corrected chi connectivity index (χ1v) is 11.2. The highest BCUT2D eigenvalue weighted by atomic mass is 19.4. The van der Waals surface area contributed by atoms with Crippen molar-refractivity contribution in [2.45, 2.75) is 62.6 Å². The maximum atomic E-state index is 13.3. The molecule has 2 aliphatic rings. The van der Waals surface area contributed by atoms with Gasteiger partial charge in [0.05, 0.1) is 0 Å². The molecule has 0 amide bonds. The van der Waals surface area contributed by atoms with Gasteiger partial charge in [0, 0.05) is 31.6 Å². The van der Waals surface area contributed by atoms with Crippen molar-refractivity contribution in [3.63, 3.8) is 0 Å². The average Bonchev–Trinajstić information content (AvgIpc) is 3.28. The molecule has 1 saturated carbocycles. The minimum absolute atomic E-state index is 0.0393. The Bertz CT molecular complexity index is 1030. The van der Waals surface area contributed by atoms with E-state index >= 15 is 0 Å². The van der Waals surface area contributed by atoms with Crippen LogP contribution in [0, 0.1) is 0 Å². The van der Waals surface area contributed by atoms with Crippen LogP contribution in [0.5, 0.6) is 5.88 Å². The number of aromatic amines is 1. The zero-order chi connectivity index (χ0) is 26.5. The molecule has 0 radical (unpaired) electrons. The van der Waals surface area contributed by atoms with Crippen LogP contribution in [-0.4, -0.2) is 68.9 Å². The van der Waals surface area contributed by atoms with E-state index in [9.17, 15) is 26.7 Å². The van der Waals surface area contributed by atoms with Crippen LogP contribution in [0.3, 0.4) is 0 Å². The number of nitrogens with zero attached hydrogens (tertiary/aromatic N) is 3. The minimum atomic E-state index is -5.08. The zero-order valence-corrected chi connectivity index (χ0v) is 19.0. The molecular weight excluding hydrogens is 495 g/mol. The molecule has 0 spiro atoms. The quantitative estimate of drug-likeness (QED) is 0.493. The molecule has 1 aliphatic carbocycles. The van der Waals surface area contributed by atoms with Gasteiger partial charge in [0.25, 0.3) is 11.8 Å². The van der Waals surface area contributed by atoms with Gasteiger partial charge in [-0.1, -0.05) is 22.4 Å². The molecule has 2 heterocycles. The number of ether oxygens (including phenoxy) is 1. The van der Waals surface area contributed by atoms with E-state index in [0.29, 0.717) is 19.0 Å². The Labute approximate surface area is 202 Å². The van der Waals surface area contributed by atoms with Gasteiger partial charge in [-0.15, -0.1) is 0 Å². The Morgan fingerprint density at radius 3 is 2.08 bits per heavy atom. The van der Waals surface area contributed by atoms with E-state index in [1.165, 1.54) is 5.56 Å². The molecule has 14 heteroatoms. The van der Waals surface area contributed by atoms with Gasteiger partial charge in [-0.05, 0) is 49.3 Å². The average molecular weight is 520 g/mol. The summed E-state index contributed by atoms with van der Waals surface area (Å²) in [7, 11) is 0. The van der Waals surface area contributed by atoms with Crippen LogP contribution in [0.2, 0.25) is 0 Å². The summed E-state index contributed by atoms with van der Waals surface area (Å²) < 4.78 is 64.1. The summed E-state index contributed by atoms with van der Waals surface area (Å²) in [6.45, 7) is 0.768. The predicted molar refractivity (Wildman–Crippen MR) is 115 cm³/mol. The topological polar surface area (TPSA) is 129 Å². The van der Waals surface area contributed by atoms with Gasteiger partial charge >= 0.3 is 18.1 Å². The molecule has 0 bridgehead atoms. The predicted octanol–water partition coefficient (Wildman–Crippen LogP) is 4.48. The molecule has 1 aromatic heterocycles. The largest absolute Gasteiger partial charge is 0.490 e. The number of carboxylic acids is 2. The first-order valence-electron chi connectivity index (χ1n) is 11.2. The molecule has 0 unspecified atom stereocenters. The second kappa shape index (κ2) is 11.1. The molecule has 2 aromatic rings. The lowest BCUT2D eigenvalue weighted by Crippen LogP contribution is -2.39. The molecule has 3 N–H and O–H groups in total. The maximum absolute atomic E-state index is 13.3. The summed E-state index contributed by atoms with van der Waals surface area (Å²) >= 11 is 0. The second-order valence-electron chi connectivity index (χ2n) is 8.63. The van der Waals surface area contributed by atoms with Crippen LogP contribution in [0.4, 0.5) is 27.6 Å². The third kappa shape index (κ3) is 7.28. The molecule has 36 heavy (non-hydrogen) atoms. The van der Waals surface area contributed by atoms with Crippen molar-refractivity contribution < 1.29 is 46.5 Å². The van der Waals surface area contributed by atoms with Gasteiger partial charge in [-0.2, -0.15) is 13.2 Å². The number of aromatic nitrogens is 3. The number of hydrogen-bond acceptors (Lipinski definition) is 6. The third-order valence-electron chi connectivity index (χ3n) is 6.15. The lowest BCUT2D eigenvalue weighted by atomic mass is 9.82. The fourth-order valence-electron chi connectivity index (χ4n) is 4.16. The van der Waals surface area contributed by atoms with E-state index < -0.39 is 24.0 Å². The van der Waals surface area contributed by atoms with Crippen LogP contribution in [0.1, 0.15) is 60.5 Å². The molecule has 198 valence electrons. The number of benzene rings is 1. The van der Waals surface area contributed by atoms with Crippen molar-refractivity contribution in [2.75, 3.05) is 18.0 Å². The summed E-state index contributed by atoms with van der Waals surface area (Å²) in [6, 6.07) is 8.23. The number of aliphatic carboxylic acids is 1. The Morgan fingerprint density at radius 1 is 1.03 bits per heavy atom. The molecule has 0 atom stereocenters. The molecule has 4 rings (SSSR count). The highest BCUT2D eigenvalue weighted by Gasteiger charge is 2.38. The lowest BCUT2D eigenvalue weighted by molar-refractivity contribution is -0.192. The Morgan fingerprint density at radius 2 is 1.58 bits per heavy atom. The van der Waals surface area contributed by atoms with E-state index in [-0.39, 0.29) is 30.5 Å². The number of carboxylic acid groups (broad SMARTS) is 2. The first-order chi connectivity index (χ1) is 16.9. The number of H-pyrrole nitrogens is 1. The Hall–Kier alpha value is -3.45. The van der Waals surface area contributed by atoms with Crippen molar-refractivity contribution in [3.8, 4) is 5.88 Å². The van der Waals surface area contributed by atoms with Crippen molar-refractivity contribution in [1.29, 1.82) is 0 Å². The normalized spacial score (nSPS) is 21.8. The van der Waals surface area contributed by atoms with Crippen LogP contribution in [0.25, 0.3) is 0 Å². The fraction of sp³-hybridized carbons (Fsp3) is 0.545. The maximum Gasteiger partial charge on any atom is 0.490 e. The van der Waals surface area contributed by atoms with E-state index in [0.717, 1.165) is 31.4 Å². The van der Waals surface area contributed by atoms with E-state index in [4.69, 9.17) is 19.7 Å². The van der Waals surface area contributed by atoms with Gasteiger partial charge in [-0.25, -0.2) is 23.5 Å². The van der Waals surface area contributed by atoms with Crippen LogP contribution in [-0.2, 0) is 4.79 Å². The van der Waals surface area contributed by atoms with Crippen LogP contribution >= 0.6 is 0 Å². The number of rotatable bonds is 5. The Balaban J connectivity index is 0.000000454. The number of nitrogens with one attached hydrogen (secondary N) is 1. The number of alkyl halides is 5. The molecule has 1 saturated heterocycles. The number of carbonyl (C=O) groups is 2. The summed E-state index contributed by atoms with van der Waals surface area (Å²) in [5.41, 5.74) is 2.11. The van der Waals surface area contributed by atoms with Gasteiger partial charge in [0.2, 0.25) is 5.69 Å². The van der Waals surface area contributed by atoms with E-state index in [1.54, 1.807) is 0 Å². The van der Waals surface area contributed by atoms with Gasteiger partial charge in [0.1, 0.15) is 6.10 Å². The fourth-order valence-corrected chi connectivity index (χ4v) is 4.16. The van der Waals surface area contributed by atoms with Crippen LogP contribution in [0.15, 0.2) is 24.3 Å². The van der Waals surface area contributed by atoms with Gasteiger partial charge in [0.15, 0.2) is 0 Å². The third-order valence-corrected chi connectivity index (χ3v) is 6.15. The van der Waals surface area contributed by atoms with Crippen LogP contribution < -0.4 is 9.64 Å². The first kappa shape index (κ1) is 27.1. The van der Waals surface area contributed by atoms with Crippen molar-refractivity contribution in [1.82, 2.24) is 15.4 Å². The SMILES string of the molecule is O=C(O)C(F)(F)F.O=C(O)c1[nH]nnc1O[C@H]1CC[C@@H](c2ccc(N3CCC(F)(F)CC3)cc2)CC1. The molecule has 2 fully saturated rings. The summed E-state index contributed by atoms with van der Waals surface area (Å²) in [5.74, 6) is -5.99. The zero-order valence-electron chi connectivity index (χ0n) is 19.0. The standard InChI is InChI=1S/C20H24F2N4O3.C2HF3O2/c21-20(22)9-11-26(12-10-20)15-5-1-13(2-6-15)14-3-7-16(8-4-14)29-18-17(19(27)28)23-25-24-18;3-2(4,5)1(6)7/h1-2,5-6,14,16H,3-4,7-12H2,(H,27,28)(H,23,24,25);(H,6,7)/t14-,16+;. The summed E-state index contributed by atoms with van der Waals surface area (Å²) in [5, 5.41) is 25.8. The summed E-state index contributed by atoms with van der Waals surface area (Å²) in [6.07, 6.45) is -1.87. The number of piperidine rings is 1. The highest BCUT2D eigenvalue weighted by molar-refractivity contribution is 5.87. The van der Waals surface area contributed by atoms with Gasteiger partial charge in [-0.3, -0.25) is 0 Å². The van der Waals surface area contributed by atoms with Crippen molar-refractivity contribution in [3.05, 3.63) is 35.5 Å². The van der Waals surface area contributed by atoms with Gasteiger partial charge < -0.3 is 19.8 Å². The Kier molecular flexibility index (Phi) is 8.35. The number of aromatic carboxylic acids is 1. The smallest absolute Gasteiger partial charge is 0.476 e. The monoisotopic (exact) mass is 520 g/mol.